The first-order chi connectivity index (χ1) is 29.5. The Hall–Kier alpha value is -7.98. The number of hydrogen-bond acceptors (Lipinski definition) is 6. The second-order valence-electron chi connectivity index (χ2n) is 16.4. The molecule has 0 aliphatic carbocycles. The predicted octanol–water partition coefficient (Wildman–Crippen LogP) is 9.33. The number of carbonyl (C=O) groups is 2. The molecule has 0 spiro atoms. The van der Waals surface area contributed by atoms with Crippen LogP contribution >= 0.6 is 0 Å². The monoisotopic (exact) mass is 816 g/mol. The number of fused-ring (bicyclic) bond motifs is 6. The van der Waals surface area contributed by atoms with Crippen LogP contribution in [0.2, 0.25) is 0 Å². The zero-order chi connectivity index (χ0) is 44.0. The van der Waals surface area contributed by atoms with E-state index in [1.165, 1.54) is 9.13 Å². The van der Waals surface area contributed by atoms with E-state index in [1.54, 1.807) is 90.1 Å². The standard InChI is InChI=1S/C52H40N4O6/c1-25(2)47(57)53-39-13-27(5)45(28(6)14-39)55-49(59)41-21-35-17-31-9-11-33-19-37-23-43-44(24-38(37)20-34(33)12-10-32(31)18-36(35)22-42(41)50(55)60)52(62)56(51(43)61)46-29(7)15-40(16-30(46)8)54-48(58)26(3)4/h9-24H,1,3H2,2,4-8H3,(H,53,57)(H,54,58). The molecule has 0 radical (unpaired) electrons. The summed E-state index contributed by atoms with van der Waals surface area (Å²) in [6.45, 7) is 17.8. The lowest BCUT2D eigenvalue weighted by Gasteiger charge is -2.13. The van der Waals surface area contributed by atoms with E-state index in [0.717, 1.165) is 43.1 Å². The average Bonchev–Trinajstić information content (AvgIpc) is 3.58. The van der Waals surface area contributed by atoms with Gasteiger partial charge in [-0.2, -0.15) is 0 Å². The molecule has 0 aliphatic heterocycles. The molecule has 9 aromatic rings. The van der Waals surface area contributed by atoms with Crippen LogP contribution in [0.15, 0.2) is 141 Å². The molecule has 0 fully saturated rings. The van der Waals surface area contributed by atoms with Gasteiger partial charge in [0.05, 0.1) is 32.9 Å². The quantitative estimate of drug-likeness (QED) is 0.161. The minimum absolute atomic E-state index is 0.315. The molecule has 2 N–H and O–H groups in total. The highest BCUT2D eigenvalue weighted by atomic mass is 16.2. The van der Waals surface area contributed by atoms with Crippen LogP contribution in [-0.2, 0) is 9.59 Å². The summed E-state index contributed by atoms with van der Waals surface area (Å²) in [5.74, 6) is -0.630. The number of nitrogens with one attached hydrogen (secondary N) is 2. The SMILES string of the molecule is C=C(C)C(=O)Nc1cc(C)c(-n2c(=O)c3cc4cc5ccc6cc7cc8c(=O)n(-c9c(C)cc(NC(=O)C(=C)C)cc9C)c(=O)c8cc7cc6ccc5cc4cc3c2=O)c(C)c1. The van der Waals surface area contributed by atoms with Crippen molar-refractivity contribution < 1.29 is 9.59 Å². The highest BCUT2D eigenvalue weighted by Crippen LogP contribution is 2.31. The second kappa shape index (κ2) is 14.3. The van der Waals surface area contributed by atoms with E-state index in [4.69, 9.17) is 0 Å². The molecular formula is C52H40N4O6. The Kier molecular flexibility index (Phi) is 9.13. The normalized spacial score (nSPS) is 11.6. The molecule has 9 rings (SSSR count). The summed E-state index contributed by atoms with van der Waals surface area (Å²) < 4.78 is 2.44. The van der Waals surface area contributed by atoms with Gasteiger partial charge in [-0.3, -0.25) is 28.8 Å². The lowest BCUT2D eigenvalue weighted by molar-refractivity contribution is -0.113. The van der Waals surface area contributed by atoms with Gasteiger partial charge in [0.15, 0.2) is 0 Å². The maximum absolute atomic E-state index is 14.0. The van der Waals surface area contributed by atoms with Crippen molar-refractivity contribution in [1.29, 1.82) is 0 Å². The molecule has 0 bridgehead atoms. The van der Waals surface area contributed by atoms with Gasteiger partial charge in [-0.15, -0.1) is 0 Å². The topological polar surface area (TPSA) is 136 Å². The molecule has 304 valence electrons. The number of aromatic nitrogens is 2. The van der Waals surface area contributed by atoms with Crippen LogP contribution in [0.3, 0.4) is 0 Å². The predicted molar refractivity (Wildman–Crippen MR) is 252 cm³/mol. The van der Waals surface area contributed by atoms with Crippen molar-refractivity contribution in [3.8, 4) is 11.4 Å². The third-order valence-electron chi connectivity index (χ3n) is 11.7. The number of amides is 2. The first-order valence-electron chi connectivity index (χ1n) is 20.0. The fourth-order valence-electron chi connectivity index (χ4n) is 8.72. The molecule has 0 unspecified atom stereocenters. The lowest BCUT2D eigenvalue weighted by atomic mass is 9.99. The van der Waals surface area contributed by atoms with Crippen LogP contribution in [0.5, 0.6) is 0 Å². The van der Waals surface area contributed by atoms with Crippen LogP contribution in [0.1, 0.15) is 36.1 Å². The van der Waals surface area contributed by atoms with Gasteiger partial charge in [0.25, 0.3) is 34.1 Å². The summed E-state index contributed by atoms with van der Waals surface area (Å²) in [7, 11) is 0. The molecule has 0 aliphatic rings. The fourth-order valence-corrected chi connectivity index (χ4v) is 8.72. The Morgan fingerprint density at radius 3 is 0.871 bits per heavy atom. The van der Waals surface area contributed by atoms with Gasteiger partial charge >= 0.3 is 0 Å². The largest absolute Gasteiger partial charge is 0.322 e. The van der Waals surface area contributed by atoms with Crippen molar-refractivity contribution in [2.24, 2.45) is 0 Å². The van der Waals surface area contributed by atoms with Crippen LogP contribution in [-0.4, -0.2) is 20.9 Å². The molecule has 7 aromatic carbocycles. The fraction of sp³-hybridized carbons (Fsp3) is 0.115. The summed E-state index contributed by atoms with van der Waals surface area (Å²) in [6, 6.07) is 30.1. The van der Waals surface area contributed by atoms with Crippen molar-refractivity contribution in [2.45, 2.75) is 41.5 Å². The van der Waals surface area contributed by atoms with E-state index in [2.05, 4.69) is 23.8 Å². The Bertz CT molecular complexity index is 3360. The molecule has 10 nitrogen and oxygen atoms in total. The number of rotatable bonds is 6. The van der Waals surface area contributed by atoms with Crippen molar-refractivity contribution in [3.63, 3.8) is 0 Å². The van der Waals surface area contributed by atoms with Gasteiger partial charge in [0.2, 0.25) is 0 Å². The molecule has 0 atom stereocenters. The van der Waals surface area contributed by atoms with E-state index >= 15 is 0 Å². The van der Waals surface area contributed by atoms with Gasteiger partial charge in [-0.05, 0) is 180 Å². The van der Waals surface area contributed by atoms with E-state index < -0.39 is 22.2 Å². The minimum atomic E-state index is -0.415. The third-order valence-corrected chi connectivity index (χ3v) is 11.7. The molecule has 0 saturated carbocycles. The lowest BCUT2D eigenvalue weighted by Crippen LogP contribution is -2.25. The summed E-state index contributed by atoms with van der Waals surface area (Å²) in [6.07, 6.45) is 0. The van der Waals surface area contributed by atoms with Crippen molar-refractivity contribution in [1.82, 2.24) is 9.13 Å². The molecule has 0 saturated heterocycles. The maximum Gasteiger partial charge on any atom is 0.266 e. The zero-order valence-corrected chi connectivity index (χ0v) is 35.0. The van der Waals surface area contributed by atoms with Crippen LogP contribution < -0.4 is 32.9 Å². The first-order valence-corrected chi connectivity index (χ1v) is 20.0. The molecule has 2 amide bonds. The maximum atomic E-state index is 14.0. The Labute approximate surface area is 354 Å². The van der Waals surface area contributed by atoms with E-state index in [-0.39, 0.29) is 11.8 Å². The van der Waals surface area contributed by atoms with Gasteiger partial charge in [0.1, 0.15) is 0 Å². The minimum Gasteiger partial charge on any atom is -0.322 e. The van der Waals surface area contributed by atoms with E-state index in [0.29, 0.717) is 77.7 Å². The van der Waals surface area contributed by atoms with Crippen LogP contribution in [0.4, 0.5) is 11.4 Å². The van der Waals surface area contributed by atoms with Crippen molar-refractivity contribution in [2.75, 3.05) is 10.6 Å². The van der Waals surface area contributed by atoms with Crippen LogP contribution in [0.25, 0.3) is 76.0 Å². The van der Waals surface area contributed by atoms with E-state index in [1.807, 2.05) is 48.5 Å². The van der Waals surface area contributed by atoms with Crippen molar-refractivity contribution >= 4 is 87.8 Å². The molecule has 2 aromatic heterocycles. The molecule has 62 heavy (non-hydrogen) atoms. The molecule has 2 heterocycles. The zero-order valence-electron chi connectivity index (χ0n) is 35.0. The number of nitrogens with zero attached hydrogens (tertiary/aromatic N) is 2. The highest BCUT2D eigenvalue weighted by molar-refractivity contribution is 6.08. The van der Waals surface area contributed by atoms with E-state index in [9.17, 15) is 28.8 Å². The highest BCUT2D eigenvalue weighted by Gasteiger charge is 2.21. The number of anilines is 2. The van der Waals surface area contributed by atoms with Gasteiger partial charge in [0, 0.05) is 22.5 Å². The molecule has 10 heteroatoms. The van der Waals surface area contributed by atoms with Gasteiger partial charge in [-0.1, -0.05) is 37.4 Å². The summed E-state index contributed by atoms with van der Waals surface area (Å²) in [5, 5.41) is 13.7. The van der Waals surface area contributed by atoms with Crippen molar-refractivity contribution in [3.05, 3.63) is 185 Å². The second-order valence-corrected chi connectivity index (χ2v) is 16.4. The van der Waals surface area contributed by atoms with Crippen LogP contribution in [0, 0.1) is 27.7 Å². The molecular weight excluding hydrogens is 777 g/mol. The Morgan fingerprint density at radius 2 is 0.645 bits per heavy atom. The number of carbonyl (C=O) groups excluding carboxylic acids is 2. The van der Waals surface area contributed by atoms with Gasteiger partial charge in [-0.25, -0.2) is 9.13 Å². The Balaban J connectivity index is 1.13. The summed E-state index contributed by atoms with van der Waals surface area (Å²) >= 11 is 0. The summed E-state index contributed by atoms with van der Waals surface area (Å²) in [5.41, 5.74) is 3.78. The third kappa shape index (κ3) is 6.35. The number of hydrogen-bond donors (Lipinski definition) is 2. The number of aryl methyl sites for hydroxylation is 4. The average molecular weight is 817 g/mol. The smallest absolute Gasteiger partial charge is 0.266 e. The Morgan fingerprint density at radius 1 is 0.403 bits per heavy atom. The number of benzene rings is 6. The summed E-state index contributed by atoms with van der Waals surface area (Å²) in [4.78, 5) is 80.4. The van der Waals surface area contributed by atoms with Gasteiger partial charge < -0.3 is 10.6 Å². The first kappa shape index (κ1) is 39.5.